The van der Waals surface area contributed by atoms with Gasteiger partial charge in [0.25, 0.3) is 5.56 Å². The Hall–Kier alpha value is -4.31. The molecule has 0 spiro atoms. The number of rotatable bonds is 4. The number of carbonyl (C=O) groups excluding carboxylic acids is 2. The molecule has 1 aliphatic heterocycles. The van der Waals surface area contributed by atoms with E-state index < -0.39 is 23.4 Å². The van der Waals surface area contributed by atoms with Crippen LogP contribution in [0.1, 0.15) is 17.0 Å². The van der Waals surface area contributed by atoms with Crippen LogP contribution in [0.25, 0.3) is 17.5 Å². The first-order valence-electron chi connectivity index (χ1n) is 9.99. The third-order valence-corrected chi connectivity index (χ3v) is 6.48. The number of phenols is 2. The number of thiazole rings is 1. The van der Waals surface area contributed by atoms with Gasteiger partial charge in [-0.2, -0.15) is 0 Å². The van der Waals surface area contributed by atoms with Crippen LogP contribution >= 0.6 is 11.3 Å². The Bertz CT molecular complexity index is 1500. The minimum absolute atomic E-state index is 0.00503. The largest absolute Gasteiger partial charge is 0.508 e. The van der Waals surface area contributed by atoms with Crippen molar-refractivity contribution in [2.24, 2.45) is 5.73 Å². The van der Waals surface area contributed by atoms with Crippen molar-refractivity contribution in [1.29, 1.82) is 0 Å². The van der Waals surface area contributed by atoms with Gasteiger partial charge in [-0.3, -0.25) is 9.36 Å². The van der Waals surface area contributed by atoms with Gasteiger partial charge in [0.05, 0.1) is 35.8 Å². The Morgan fingerprint density at radius 2 is 1.47 bits per heavy atom. The average molecular weight is 480 g/mol. The monoisotopic (exact) mass is 480 g/mol. The number of benzene rings is 2. The summed E-state index contributed by atoms with van der Waals surface area (Å²) in [6.45, 7) is 0. The molecule has 10 heteroatoms. The lowest BCUT2D eigenvalue weighted by atomic mass is 9.83. The van der Waals surface area contributed by atoms with E-state index in [0.29, 0.717) is 11.1 Å². The summed E-state index contributed by atoms with van der Waals surface area (Å²) in [7, 11) is 2.37. The van der Waals surface area contributed by atoms with Crippen molar-refractivity contribution in [3.05, 3.63) is 84.8 Å². The maximum Gasteiger partial charge on any atom is 0.338 e. The molecule has 0 unspecified atom stereocenters. The smallest absolute Gasteiger partial charge is 0.338 e. The number of hydrogen-bond donors (Lipinski definition) is 3. The van der Waals surface area contributed by atoms with Crippen molar-refractivity contribution < 1.29 is 29.3 Å². The van der Waals surface area contributed by atoms with Crippen LogP contribution in [0.5, 0.6) is 11.5 Å². The van der Waals surface area contributed by atoms with E-state index in [4.69, 9.17) is 15.2 Å². The van der Waals surface area contributed by atoms with E-state index in [9.17, 15) is 24.6 Å². The highest BCUT2D eigenvalue weighted by molar-refractivity contribution is 7.07. The Labute approximate surface area is 196 Å². The second kappa shape index (κ2) is 8.91. The summed E-state index contributed by atoms with van der Waals surface area (Å²) in [4.78, 5) is 39.1. The van der Waals surface area contributed by atoms with Crippen LogP contribution in [0.2, 0.25) is 0 Å². The molecule has 2 heterocycles. The van der Waals surface area contributed by atoms with E-state index in [1.807, 2.05) is 0 Å². The standard InChI is InChI=1S/C24H20N2O7S/c1-32-23(30)18-17(13-5-9-15(28)10-6-13)19(24(31)33-2)22-26(20(18)25)21(29)16(34-22)11-12-3-7-14(27)8-4-12/h3-11,17,27-28H,25H2,1-2H3/t17-/m1/s1. The molecule has 174 valence electrons. The van der Waals surface area contributed by atoms with Gasteiger partial charge in [-0.15, -0.1) is 11.3 Å². The molecule has 0 fully saturated rings. The molecule has 34 heavy (non-hydrogen) atoms. The number of nitrogens with two attached hydrogens (primary N) is 1. The summed E-state index contributed by atoms with van der Waals surface area (Å²) in [6, 6.07) is 12.1. The molecule has 3 aromatic rings. The molecule has 0 radical (unpaired) electrons. The fourth-order valence-corrected chi connectivity index (χ4v) is 4.95. The molecule has 9 nitrogen and oxygen atoms in total. The molecule has 0 saturated carbocycles. The second-order valence-corrected chi connectivity index (χ2v) is 8.40. The lowest BCUT2D eigenvalue weighted by Crippen LogP contribution is -2.41. The van der Waals surface area contributed by atoms with Gasteiger partial charge in [-0.1, -0.05) is 24.3 Å². The fourth-order valence-electron chi connectivity index (χ4n) is 3.79. The van der Waals surface area contributed by atoms with Crippen molar-refractivity contribution in [1.82, 2.24) is 4.57 Å². The topological polar surface area (TPSA) is 141 Å². The van der Waals surface area contributed by atoms with Gasteiger partial charge >= 0.3 is 11.9 Å². The summed E-state index contributed by atoms with van der Waals surface area (Å²) < 4.78 is 11.5. The van der Waals surface area contributed by atoms with Crippen LogP contribution < -0.4 is 20.5 Å². The molecule has 0 amide bonds. The number of ether oxygens (including phenoxy) is 2. The number of aromatic hydroxyl groups is 2. The zero-order valence-electron chi connectivity index (χ0n) is 18.1. The number of nitrogens with zero attached hydrogens (tertiary/aromatic N) is 1. The molecule has 0 bridgehead atoms. The maximum absolute atomic E-state index is 13.3. The maximum atomic E-state index is 13.3. The summed E-state index contributed by atoms with van der Waals surface area (Å²) in [5.41, 5.74) is 6.86. The summed E-state index contributed by atoms with van der Waals surface area (Å²) in [5, 5.41) is 19.2. The first kappa shape index (κ1) is 22.9. The van der Waals surface area contributed by atoms with Gasteiger partial charge in [-0.25, -0.2) is 9.59 Å². The number of phenolic OH excluding ortho intramolecular Hbond substituents is 2. The first-order valence-corrected chi connectivity index (χ1v) is 10.8. The molecule has 1 aliphatic rings. The number of esters is 2. The van der Waals surface area contributed by atoms with Gasteiger partial charge in [0.15, 0.2) is 0 Å². The fraction of sp³-hybridized carbons (Fsp3) is 0.125. The van der Waals surface area contributed by atoms with Crippen molar-refractivity contribution in [3.63, 3.8) is 0 Å². The van der Waals surface area contributed by atoms with Gasteiger partial charge in [0, 0.05) is 0 Å². The van der Waals surface area contributed by atoms with Gasteiger partial charge in [0.1, 0.15) is 22.0 Å². The normalized spacial score (nSPS) is 15.8. The van der Waals surface area contributed by atoms with E-state index in [0.717, 1.165) is 15.9 Å². The van der Waals surface area contributed by atoms with Crippen molar-refractivity contribution in [3.8, 4) is 11.5 Å². The molecule has 4 rings (SSSR count). The lowest BCUT2D eigenvalue weighted by Gasteiger charge is -2.26. The molecule has 0 saturated heterocycles. The molecule has 1 aromatic heterocycles. The third kappa shape index (κ3) is 3.84. The van der Waals surface area contributed by atoms with Crippen LogP contribution in [0, 0.1) is 0 Å². The van der Waals surface area contributed by atoms with E-state index in [2.05, 4.69) is 0 Å². The Balaban J connectivity index is 2.11. The molecular formula is C24H20N2O7S. The summed E-state index contributed by atoms with van der Waals surface area (Å²) in [5.74, 6) is -2.66. The highest BCUT2D eigenvalue weighted by Gasteiger charge is 2.39. The van der Waals surface area contributed by atoms with Crippen LogP contribution in [-0.2, 0) is 19.1 Å². The number of fused-ring (bicyclic) bond motifs is 1. The van der Waals surface area contributed by atoms with Crippen LogP contribution in [0.4, 0.5) is 0 Å². The van der Waals surface area contributed by atoms with Crippen molar-refractivity contribution >= 4 is 40.7 Å². The Morgan fingerprint density at radius 1 is 0.941 bits per heavy atom. The molecule has 0 aliphatic carbocycles. The predicted octanol–water partition coefficient (Wildman–Crippen LogP) is 0.571. The number of methoxy groups -OCH3 is 2. The zero-order chi connectivity index (χ0) is 24.6. The van der Waals surface area contributed by atoms with E-state index in [1.165, 1.54) is 38.5 Å². The zero-order valence-corrected chi connectivity index (χ0v) is 19.0. The molecule has 4 N–H and O–H groups in total. The average Bonchev–Trinajstić information content (AvgIpc) is 3.15. The summed E-state index contributed by atoms with van der Waals surface area (Å²) in [6.07, 6.45) is 1.59. The quantitative estimate of drug-likeness (QED) is 0.461. The third-order valence-electron chi connectivity index (χ3n) is 5.38. The van der Waals surface area contributed by atoms with Crippen LogP contribution in [0.3, 0.4) is 0 Å². The second-order valence-electron chi connectivity index (χ2n) is 7.37. The SMILES string of the molecule is COC(=O)C1=C(N)n2c(sc(=Cc3ccc(O)cc3)c2=O)=C(C(=O)OC)[C@@H]1c1ccc(O)cc1. The molecule has 1 atom stereocenters. The number of hydrogen-bond acceptors (Lipinski definition) is 9. The van der Waals surface area contributed by atoms with Gasteiger partial charge in [-0.05, 0) is 41.5 Å². The molecular weight excluding hydrogens is 460 g/mol. The highest BCUT2D eigenvalue weighted by atomic mass is 32.1. The Kier molecular flexibility index (Phi) is 5.99. The van der Waals surface area contributed by atoms with E-state index in [-0.39, 0.29) is 37.7 Å². The lowest BCUT2D eigenvalue weighted by molar-refractivity contribution is -0.136. The molecule has 2 aromatic carbocycles. The first-order chi connectivity index (χ1) is 16.3. The van der Waals surface area contributed by atoms with Crippen LogP contribution in [-0.4, -0.2) is 40.9 Å². The highest BCUT2D eigenvalue weighted by Crippen LogP contribution is 2.38. The minimum Gasteiger partial charge on any atom is -0.508 e. The van der Waals surface area contributed by atoms with E-state index >= 15 is 0 Å². The Morgan fingerprint density at radius 3 is 2.03 bits per heavy atom. The van der Waals surface area contributed by atoms with E-state index in [1.54, 1.807) is 30.3 Å². The summed E-state index contributed by atoms with van der Waals surface area (Å²) >= 11 is 1.02. The number of aromatic nitrogens is 1. The minimum atomic E-state index is -1.000. The van der Waals surface area contributed by atoms with Crippen LogP contribution in [0.15, 0.2) is 58.9 Å². The van der Waals surface area contributed by atoms with Crippen molar-refractivity contribution in [2.75, 3.05) is 14.2 Å². The van der Waals surface area contributed by atoms with Gasteiger partial charge < -0.3 is 25.4 Å². The van der Waals surface area contributed by atoms with Gasteiger partial charge in [0.2, 0.25) is 0 Å². The predicted molar refractivity (Wildman–Crippen MR) is 125 cm³/mol. The van der Waals surface area contributed by atoms with Crippen molar-refractivity contribution in [2.45, 2.75) is 5.92 Å². The number of carbonyl (C=O) groups is 2.